The molecule has 0 atom stereocenters. The number of amides is 2. The van der Waals surface area contributed by atoms with Gasteiger partial charge in [0.15, 0.2) is 0 Å². The van der Waals surface area contributed by atoms with E-state index >= 15 is 0 Å². The second kappa shape index (κ2) is 7.87. The second-order valence-electron chi connectivity index (χ2n) is 4.84. The summed E-state index contributed by atoms with van der Waals surface area (Å²) in [6, 6.07) is 11.2. The van der Waals surface area contributed by atoms with E-state index in [1.165, 1.54) is 19.1 Å². The van der Waals surface area contributed by atoms with E-state index in [1.54, 1.807) is 37.3 Å². The summed E-state index contributed by atoms with van der Waals surface area (Å²) in [5, 5.41) is 5.30. The molecule has 0 bridgehead atoms. The largest absolute Gasteiger partial charge is 0.461 e. The Balaban J connectivity index is 2.08. The maximum absolute atomic E-state index is 12.2. The second-order valence-corrected chi connectivity index (χ2v) is 4.84. The Kier molecular flexibility index (Phi) is 5.62. The number of aromatic nitrogens is 1. The fourth-order valence-electron chi connectivity index (χ4n) is 1.92. The standard InChI is InChI=1S/C17H17N3O4/c1-3-24-17(23)15-6-4-5-14(20-15)16(22)19-13-9-7-12(8-10-13)18-11(2)21/h4-10H,3H2,1-2H3,(H,18,21)(H,19,22). The molecular formula is C17H17N3O4. The van der Waals surface area contributed by atoms with Crippen molar-refractivity contribution in [2.75, 3.05) is 17.2 Å². The van der Waals surface area contributed by atoms with Gasteiger partial charge in [-0.25, -0.2) is 9.78 Å². The summed E-state index contributed by atoms with van der Waals surface area (Å²) < 4.78 is 4.86. The first-order chi connectivity index (χ1) is 11.5. The maximum Gasteiger partial charge on any atom is 0.356 e. The van der Waals surface area contributed by atoms with E-state index in [9.17, 15) is 14.4 Å². The van der Waals surface area contributed by atoms with E-state index in [4.69, 9.17) is 4.74 Å². The number of hydrogen-bond donors (Lipinski definition) is 2. The van der Waals surface area contributed by atoms with E-state index in [2.05, 4.69) is 15.6 Å². The monoisotopic (exact) mass is 327 g/mol. The quantitative estimate of drug-likeness (QED) is 0.822. The van der Waals surface area contributed by atoms with Gasteiger partial charge in [0.2, 0.25) is 5.91 Å². The molecule has 0 unspecified atom stereocenters. The molecule has 0 radical (unpaired) electrons. The molecular weight excluding hydrogens is 310 g/mol. The molecule has 0 aliphatic carbocycles. The highest BCUT2D eigenvalue weighted by molar-refractivity contribution is 6.03. The Morgan fingerprint density at radius 2 is 1.54 bits per heavy atom. The minimum atomic E-state index is -0.577. The van der Waals surface area contributed by atoms with E-state index in [0.29, 0.717) is 11.4 Å². The van der Waals surface area contributed by atoms with E-state index < -0.39 is 11.9 Å². The Morgan fingerprint density at radius 1 is 0.958 bits per heavy atom. The molecule has 7 heteroatoms. The van der Waals surface area contributed by atoms with Crippen LogP contribution in [0.3, 0.4) is 0 Å². The van der Waals surface area contributed by atoms with E-state index in [0.717, 1.165) is 0 Å². The Bertz CT molecular complexity index is 757. The lowest BCUT2D eigenvalue weighted by molar-refractivity contribution is -0.114. The lowest BCUT2D eigenvalue weighted by Crippen LogP contribution is -2.16. The third-order valence-electron chi connectivity index (χ3n) is 2.93. The summed E-state index contributed by atoms with van der Waals surface area (Å²) in [4.78, 5) is 38.8. The molecule has 2 rings (SSSR count). The van der Waals surface area contributed by atoms with Crippen LogP contribution in [0.25, 0.3) is 0 Å². The number of nitrogens with zero attached hydrogens (tertiary/aromatic N) is 1. The van der Waals surface area contributed by atoms with Gasteiger partial charge in [-0.1, -0.05) is 6.07 Å². The number of carbonyl (C=O) groups excluding carboxylic acids is 3. The van der Waals surface area contributed by atoms with Crippen molar-refractivity contribution in [1.82, 2.24) is 4.98 Å². The van der Waals surface area contributed by atoms with Gasteiger partial charge in [-0.2, -0.15) is 0 Å². The first-order valence-electron chi connectivity index (χ1n) is 7.32. The van der Waals surface area contributed by atoms with Crippen LogP contribution >= 0.6 is 0 Å². The van der Waals surface area contributed by atoms with Gasteiger partial charge in [-0.15, -0.1) is 0 Å². The van der Waals surface area contributed by atoms with Gasteiger partial charge in [0, 0.05) is 18.3 Å². The maximum atomic E-state index is 12.2. The topological polar surface area (TPSA) is 97.4 Å². The Labute approximate surface area is 139 Å². The number of pyridine rings is 1. The molecule has 0 saturated carbocycles. The van der Waals surface area contributed by atoms with Crippen LogP contribution < -0.4 is 10.6 Å². The van der Waals surface area contributed by atoms with Crippen molar-refractivity contribution in [3.05, 3.63) is 53.9 Å². The summed E-state index contributed by atoms with van der Waals surface area (Å²) in [5.41, 5.74) is 1.34. The minimum Gasteiger partial charge on any atom is -0.461 e. The molecule has 1 aromatic heterocycles. The van der Waals surface area contributed by atoms with Gasteiger partial charge >= 0.3 is 5.97 Å². The molecule has 0 spiro atoms. The Morgan fingerprint density at radius 3 is 2.12 bits per heavy atom. The lowest BCUT2D eigenvalue weighted by Gasteiger charge is -2.07. The first-order valence-corrected chi connectivity index (χ1v) is 7.32. The zero-order valence-corrected chi connectivity index (χ0v) is 13.3. The van der Waals surface area contributed by atoms with Gasteiger partial charge in [0.25, 0.3) is 5.91 Å². The average Bonchev–Trinajstić information content (AvgIpc) is 2.56. The van der Waals surface area contributed by atoms with Crippen molar-refractivity contribution < 1.29 is 19.1 Å². The molecule has 124 valence electrons. The van der Waals surface area contributed by atoms with Crippen LogP contribution in [0.15, 0.2) is 42.5 Å². The van der Waals surface area contributed by atoms with Crippen LogP contribution in [-0.2, 0) is 9.53 Å². The predicted octanol–water partition coefficient (Wildman–Crippen LogP) is 2.47. The van der Waals surface area contributed by atoms with Crippen molar-refractivity contribution >= 4 is 29.2 Å². The number of hydrogen-bond acceptors (Lipinski definition) is 5. The SMILES string of the molecule is CCOC(=O)c1cccc(C(=O)Nc2ccc(NC(C)=O)cc2)n1. The van der Waals surface area contributed by atoms with Crippen molar-refractivity contribution in [3.8, 4) is 0 Å². The van der Waals surface area contributed by atoms with Crippen molar-refractivity contribution in [2.24, 2.45) is 0 Å². The van der Waals surface area contributed by atoms with Crippen LogP contribution in [-0.4, -0.2) is 29.4 Å². The highest BCUT2D eigenvalue weighted by atomic mass is 16.5. The van der Waals surface area contributed by atoms with Crippen LogP contribution in [0, 0.1) is 0 Å². The highest BCUT2D eigenvalue weighted by Gasteiger charge is 2.13. The Hall–Kier alpha value is -3.22. The number of rotatable bonds is 5. The van der Waals surface area contributed by atoms with Gasteiger partial charge in [0.05, 0.1) is 6.61 Å². The van der Waals surface area contributed by atoms with Crippen LogP contribution in [0.2, 0.25) is 0 Å². The van der Waals surface area contributed by atoms with Gasteiger partial charge in [-0.3, -0.25) is 9.59 Å². The summed E-state index contributed by atoms with van der Waals surface area (Å²) in [5.74, 6) is -1.20. The van der Waals surface area contributed by atoms with Crippen molar-refractivity contribution in [3.63, 3.8) is 0 Å². The molecule has 0 aliphatic heterocycles. The molecule has 24 heavy (non-hydrogen) atoms. The number of esters is 1. The number of carbonyl (C=O) groups is 3. The fourth-order valence-corrected chi connectivity index (χ4v) is 1.92. The van der Waals surface area contributed by atoms with Gasteiger partial charge in [-0.05, 0) is 43.3 Å². The highest BCUT2D eigenvalue weighted by Crippen LogP contribution is 2.14. The van der Waals surface area contributed by atoms with E-state index in [-0.39, 0.29) is 23.9 Å². The molecule has 2 N–H and O–H groups in total. The average molecular weight is 327 g/mol. The number of ether oxygens (including phenoxy) is 1. The predicted molar refractivity (Wildman–Crippen MR) is 88.9 cm³/mol. The summed E-state index contributed by atoms with van der Waals surface area (Å²) in [6.07, 6.45) is 0. The van der Waals surface area contributed by atoms with Crippen molar-refractivity contribution in [2.45, 2.75) is 13.8 Å². The number of anilines is 2. The summed E-state index contributed by atoms with van der Waals surface area (Å²) in [6.45, 7) is 3.34. The molecule has 1 heterocycles. The zero-order valence-electron chi connectivity index (χ0n) is 13.3. The smallest absolute Gasteiger partial charge is 0.356 e. The van der Waals surface area contributed by atoms with Gasteiger partial charge in [0.1, 0.15) is 11.4 Å². The van der Waals surface area contributed by atoms with Gasteiger partial charge < -0.3 is 15.4 Å². The zero-order chi connectivity index (χ0) is 17.5. The minimum absolute atomic E-state index is 0.0745. The number of nitrogens with one attached hydrogen (secondary N) is 2. The number of benzene rings is 1. The molecule has 2 aromatic rings. The summed E-state index contributed by atoms with van der Waals surface area (Å²) in [7, 11) is 0. The first kappa shape index (κ1) is 17.1. The molecule has 0 fully saturated rings. The normalized spacial score (nSPS) is 9.92. The lowest BCUT2D eigenvalue weighted by atomic mass is 10.2. The molecule has 0 saturated heterocycles. The van der Waals surface area contributed by atoms with Crippen LogP contribution in [0.4, 0.5) is 11.4 Å². The molecule has 0 aliphatic rings. The van der Waals surface area contributed by atoms with Crippen LogP contribution in [0.5, 0.6) is 0 Å². The van der Waals surface area contributed by atoms with Crippen molar-refractivity contribution in [1.29, 1.82) is 0 Å². The van der Waals surface area contributed by atoms with Crippen LogP contribution in [0.1, 0.15) is 34.8 Å². The third-order valence-corrected chi connectivity index (χ3v) is 2.93. The molecule has 7 nitrogen and oxygen atoms in total. The fraction of sp³-hybridized carbons (Fsp3) is 0.176. The molecule has 2 amide bonds. The van der Waals surface area contributed by atoms with E-state index in [1.807, 2.05) is 0 Å². The molecule has 1 aromatic carbocycles. The summed E-state index contributed by atoms with van der Waals surface area (Å²) >= 11 is 0. The third kappa shape index (κ3) is 4.64.